The number of ether oxygens (including phenoxy) is 1. The molecule has 0 saturated carbocycles. The van der Waals surface area contributed by atoms with Crippen molar-refractivity contribution >= 4 is 11.4 Å². The van der Waals surface area contributed by atoms with E-state index in [0.29, 0.717) is 11.7 Å². The predicted molar refractivity (Wildman–Crippen MR) is 87.4 cm³/mol. The summed E-state index contributed by atoms with van der Waals surface area (Å²) in [6, 6.07) is 4.91. The molecule has 1 aliphatic heterocycles. The van der Waals surface area contributed by atoms with Crippen LogP contribution in [0, 0.1) is 10.1 Å². The number of rotatable bonds is 5. The molecule has 0 radical (unpaired) electrons. The van der Waals surface area contributed by atoms with Crippen molar-refractivity contribution in [3.8, 4) is 5.75 Å². The Labute approximate surface area is 139 Å². The van der Waals surface area contributed by atoms with Gasteiger partial charge in [-0.3, -0.25) is 10.1 Å². The molecule has 1 aromatic heterocycles. The highest BCUT2D eigenvalue weighted by Gasteiger charge is 2.31. The van der Waals surface area contributed by atoms with Crippen LogP contribution in [0.5, 0.6) is 5.75 Å². The van der Waals surface area contributed by atoms with Crippen LogP contribution >= 0.6 is 0 Å². The van der Waals surface area contributed by atoms with Gasteiger partial charge in [0.05, 0.1) is 18.1 Å². The number of aromatic nitrogens is 2. The lowest BCUT2D eigenvalue weighted by Gasteiger charge is -2.24. The second kappa shape index (κ2) is 6.46. The van der Waals surface area contributed by atoms with Crippen LogP contribution in [-0.2, 0) is 0 Å². The van der Waals surface area contributed by atoms with Gasteiger partial charge in [0, 0.05) is 30.3 Å². The summed E-state index contributed by atoms with van der Waals surface area (Å²) >= 11 is 0. The van der Waals surface area contributed by atoms with E-state index < -0.39 is 4.92 Å². The van der Waals surface area contributed by atoms with E-state index in [-0.39, 0.29) is 23.4 Å². The number of nitro groups is 1. The van der Waals surface area contributed by atoms with E-state index in [9.17, 15) is 10.1 Å². The van der Waals surface area contributed by atoms with E-state index in [2.05, 4.69) is 15.0 Å². The van der Waals surface area contributed by atoms with Gasteiger partial charge in [0.15, 0.2) is 11.6 Å². The SMILES string of the molecule is COc1cc(N2CCCC2c2noc(C(C)C)n2)ccc1[N+](=O)[O-]. The normalized spacial score (nSPS) is 17.5. The Morgan fingerprint density at radius 1 is 1.46 bits per heavy atom. The minimum atomic E-state index is -0.446. The molecule has 2 heterocycles. The van der Waals surface area contributed by atoms with Crippen LogP contribution in [-0.4, -0.2) is 28.7 Å². The molecule has 0 N–H and O–H groups in total. The fourth-order valence-corrected chi connectivity index (χ4v) is 2.96. The number of nitrogens with zero attached hydrogens (tertiary/aromatic N) is 4. The first-order valence-electron chi connectivity index (χ1n) is 7.94. The second-order valence-corrected chi connectivity index (χ2v) is 6.11. The summed E-state index contributed by atoms with van der Waals surface area (Å²) in [5.74, 6) is 1.71. The maximum atomic E-state index is 11.0. The lowest BCUT2D eigenvalue weighted by molar-refractivity contribution is -0.385. The van der Waals surface area contributed by atoms with E-state index in [4.69, 9.17) is 9.26 Å². The molecule has 0 aliphatic carbocycles. The highest BCUT2D eigenvalue weighted by molar-refractivity contribution is 5.60. The molecule has 0 spiro atoms. The standard InChI is InChI=1S/C16H20N4O4/c1-10(2)16-17-15(18-24-16)13-5-4-8-19(13)11-6-7-12(20(21)22)14(9-11)23-3/h6-7,9-10,13H,4-5,8H2,1-3H3. The summed E-state index contributed by atoms with van der Waals surface area (Å²) in [7, 11) is 1.43. The summed E-state index contributed by atoms with van der Waals surface area (Å²) in [6.07, 6.45) is 1.91. The molecular weight excluding hydrogens is 312 g/mol. The number of nitro benzene ring substituents is 1. The lowest BCUT2D eigenvalue weighted by Crippen LogP contribution is -2.23. The van der Waals surface area contributed by atoms with Crippen molar-refractivity contribution in [2.45, 2.75) is 38.6 Å². The Kier molecular flexibility index (Phi) is 4.37. The summed E-state index contributed by atoms with van der Waals surface area (Å²) in [5, 5.41) is 15.2. The van der Waals surface area contributed by atoms with Gasteiger partial charge in [-0.15, -0.1) is 0 Å². The van der Waals surface area contributed by atoms with Crippen molar-refractivity contribution in [2.24, 2.45) is 0 Å². The molecule has 8 heteroatoms. The van der Waals surface area contributed by atoms with Crippen molar-refractivity contribution in [1.82, 2.24) is 10.1 Å². The monoisotopic (exact) mass is 332 g/mol. The molecule has 2 aromatic rings. The van der Waals surface area contributed by atoms with Crippen molar-refractivity contribution in [3.05, 3.63) is 40.0 Å². The van der Waals surface area contributed by atoms with E-state index in [0.717, 1.165) is 25.1 Å². The molecule has 1 atom stereocenters. The number of hydrogen-bond donors (Lipinski definition) is 0. The molecule has 1 unspecified atom stereocenters. The van der Waals surface area contributed by atoms with Crippen LogP contribution in [0.4, 0.5) is 11.4 Å². The fourth-order valence-electron chi connectivity index (χ4n) is 2.96. The Bertz CT molecular complexity index is 743. The van der Waals surface area contributed by atoms with Crippen molar-refractivity contribution in [1.29, 1.82) is 0 Å². The fraction of sp³-hybridized carbons (Fsp3) is 0.500. The summed E-state index contributed by atoms with van der Waals surface area (Å²) in [6.45, 7) is 4.84. The molecule has 1 saturated heterocycles. The van der Waals surface area contributed by atoms with Crippen LogP contribution in [0.25, 0.3) is 0 Å². The van der Waals surface area contributed by atoms with Gasteiger partial charge < -0.3 is 14.2 Å². The number of methoxy groups -OCH3 is 1. The zero-order valence-corrected chi connectivity index (χ0v) is 13.9. The van der Waals surface area contributed by atoms with Crippen molar-refractivity contribution in [2.75, 3.05) is 18.6 Å². The highest BCUT2D eigenvalue weighted by atomic mass is 16.6. The third-order valence-electron chi connectivity index (χ3n) is 4.19. The third-order valence-corrected chi connectivity index (χ3v) is 4.19. The molecule has 1 aliphatic rings. The topological polar surface area (TPSA) is 94.5 Å². The quantitative estimate of drug-likeness (QED) is 0.611. The molecule has 0 bridgehead atoms. The van der Waals surface area contributed by atoms with Gasteiger partial charge >= 0.3 is 5.69 Å². The first-order valence-corrected chi connectivity index (χ1v) is 7.94. The Balaban J connectivity index is 1.91. The van der Waals surface area contributed by atoms with Gasteiger partial charge in [0.2, 0.25) is 5.89 Å². The van der Waals surface area contributed by atoms with Crippen molar-refractivity contribution in [3.63, 3.8) is 0 Å². The van der Waals surface area contributed by atoms with E-state index >= 15 is 0 Å². The van der Waals surface area contributed by atoms with E-state index in [1.807, 2.05) is 13.8 Å². The maximum absolute atomic E-state index is 11.0. The number of hydrogen-bond acceptors (Lipinski definition) is 7. The molecule has 3 rings (SSSR count). The molecule has 0 amide bonds. The second-order valence-electron chi connectivity index (χ2n) is 6.11. The lowest BCUT2D eigenvalue weighted by atomic mass is 10.1. The van der Waals surface area contributed by atoms with Gasteiger partial charge in [-0.1, -0.05) is 19.0 Å². The Morgan fingerprint density at radius 2 is 2.25 bits per heavy atom. The Morgan fingerprint density at radius 3 is 2.88 bits per heavy atom. The number of benzene rings is 1. The highest BCUT2D eigenvalue weighted by Crippen LogP contribution is 2.39. The van der Waals surface area contributed by atoms with Gasteiger partial charge in [-0.25, -0.2) is 0 Å². The average molecular weight is 332 g/mol. The largest absolute Gasteiger partial charge is 0.490 e. The van der Waals surface area contributed by atoms with Crippen molar-refractivity contribution < 1.29 is 14.2 Å². The van der Waals surface area contributed by atoms with Crippen LogP contribution in [0.2, 0.25) is 0 Å². The van der Waals surface area contributed by atoms with Crippen LogP contribution in [0.15, 0.2) is 22.7 Å². The zero-order valence-electron chi connectivity index (χ0n) is 13.9. The third kappa shape index (κ3) is 2.91. The van der Waals surface area contributed by atoms with Gasteiger partial charge in [0.25, 0.3) is 0 Å². The molecule has 8 nitrogen and oxygen atoms in total. The minimum absolute atomic E-state index is 0.00686. The van der Waals surface area contributed by atoms with Gasteiger partial charge in [-0.05, 0) is 18.9 Å². The molecular formula is C16H20N4O4. The molecule has 1 fully saturated rings. The Hall–Kier alpha value is -2.64. The zero-order chi connectivity index (χ0) is 17.3. The average Bonchev–Trinajstić information content (AvgIpc) is 3.22. The predicted octanol–water partition coefficient (Wildman–Crippen LogP) is 3.45. The maximum Gasteiger partial charge on any atom is 0.311 e. The van der Waals surface area contributed by atoms with E-state index in [1.54, 1.807) is 12.1 Å². The van der Waals surface area contributed by atoms with Crippen LogP contribution in [0.1, 0.15) is 50.4 Å². The molecule has 1 aromatic carbocycles. The number of anilines is 1. The van der Waals surface area contributed by atoms with Gasteiger partial charge in [0.1, 0.15) is 0 Å². The molecule has 24 heavy (non-hydrogen) atoms. The summed E-state index contributed by atoms with van der Waals surface area (Å²) in [4.78, 5) is 17.2. The van der Waals surface area contributed by atoms with Crippen LogP contribution < -0.4 is 9.64 Å². The first-order chi connectivity index (χ1) is 11.5. The summed E-state index contributed by atoms with van der Waals surface area (Å²) < 4.78 is 10.5. The minimum Gasteiger partial charge on any atom is -0.490 e. The first kappa shape index (κ1) is 16.2. The molecule has 128 valence electrons. The summed E-state index contributed by atoms with van der Waals surface area (Å²) in [5.41, 5.74) is 0.814. The van der Waals surface area contributed by atoms with Gasteiger partial charge in [-0.2, -0.15) is 4.98 Å². The van der Waals surface area contributed by atoms with E-state index in [1.165, 1.54) is 13.2 Å². The van der Waals surface area contributed by atoms with Crippen LogP contribution in [0.3, 0.4) is 0 Å². The smallest absolute Gasteiger partial charge is 0.311 e.